The van der Waals surface area contributed by atoms with Gasteiger partial charge in [0.2, 0.25) is 0 Å². The number of non-ortho nitro benzene ring substituents is 1. The van der Waals surface area contributed by atoms with Crippen molar-refractivity contribution in [1.29, 1.82) is 0 Å². The number of carbonyl (C=O) groups is 1. The third-order valence-corrected chi connectivity index (χ3v) is 4.10. The summed E-state index contributed by atoms with van der Waals surface area (Å²) in [7, 11) is 0. The third-order valence-electron chi connectivity index (χ3n) is 4.10. The predicted molar refractivity (Wildman–Crippen MR) is 104 cm³/mol. The average molecular weight is 395 g/mol. The second kappa shape index (κ2) is 7.64. The normalized spacial score (nSPS) is 10.3. The number of nitrogens with zero attached hydrogens (tertiary/aromatic N) is 2. The number of anilines is 2. The molecule has 0 saturated heterocycles. The van der Waals surface area contributed by atoms with Gasteiger partial charge in [0, 0.05) is 6.07 Å². The zero-order valence-electron chi connectivity index (χ0n) is 14.6. The molecule has 0 radical (unpaired) electrons. The number of hydrogen-bond acceptors (Lipinski definition) is 7. The Kier molecular flexibility index (Phi) is 5.09. The highest BCUT2D eigenvalue weighted by Crippen LogP contribution is 2.39. The predicted octanol–water partition coefficient (Wildman–Crippen LogP) is 4.32. The second-order valence-electron chi connectivity index (χ2n) is 5.93. The highest BCUT2D eigenvalue weighted by molar-refractivity contribution is 5.99. The number of rotatable bonds is 6. The summed E-state index contributed by atoms with van der Waals surface area (Å²) in [5.74, 6) is -1.88. The van der Waals surface area contributed by atoms with Crippen LogP contribution in [-0.2, 0) is 0 Å². The molecule has 0 unspecified atom stereocenters. The number of aromatic carboxylic acids is 1. The minimum atomic E-state index is -1.60. The Labute approximate surface area is 163 Å². The van der Waals surface area contributed by atoms with Crippen molar-refractivity contribution < 1.29 is 24.9 Å². The first-order valence-corrected chi connectivity index (χ1v) is 8.13. The van der Waals surface area contributed by atoms with Crippen LogP contribution < -0.4 is 5.32 Å². The molecule has 0 heterocycles. The summed E-state index contributed by atoms with van der Waals surface area (Å²) in [4.78, 5) is 32.2. The number of benzene rings is 3. The molecule has 3 aromatic carbocycles. The third kappa shape index (κ3) is 3.95. The van der Waals surface area contributed by atoms with Crippen LogP contribution in [0.1, 0.15) is 10.4 Å². The first kappa shape index (κ1) is 19.3. The molecule has 3 rings (SSSR count). The number of carboxylic acids is 1. The van der Waals surface area contributed by atoms with Gasteiger partial charge in [0.15, 0.2) is 0 Å². The van der Waals surface area contributed by atoms with E-state index in [4.69, 9.17) is 0 Å². The lowest BCUT2D eigenvalue weighted by atomic mass is 10.0. The fourth-order valence-electron chi connectivity index (χ4n) is 2.74. The van der Waals surface area contributed by atoms with E-state index in [1.54, 1.807) is 18.2 Å². The summed E-state index contributed by atoms with van der Waals surface area (Å²) in [6.45, 7) is 0. The smallest absolute Gasteiger partial charge is 0.338 e. The average Bonchev–Trinajstić information content (AvgIpc) is 2.69. The number of phenolic OH excluding ortho intramolecular Hbond substituents is 1. The first-order valence-electron chi connectivity index (χ1n) is 8.13. The summed E-state index contributed by atoms with van der Waals surface area (Å²) >= 11 is 0. The molecule has 0 amide bonds. The largest absolute Gasteiger partial charge is 0.506 e. The topological polar surface area (TPSA) is 156 Å². The van der Waals surface area contributed by atoms with Gasteiger partial charge in [0.1, 0.15) is 11.4 Å². The summed E-state index contributed by atoms with van der Waals surface area (Å²) in [5, 5.41) is 44.5. The van der Waals surface area contributed by atoms with E-state index in [-0.39, 0.29) is 11.4 Å². The SMILES string of the molecule is O=C(O)c1cc([N+](=O)[O-])cc([N+](=O)[O-])c1Nc1cc(-c2ccccc2)ccc1O. The number of nitrogens with one attached hydrogen (secondary N) is 1. The van der Waals surface area contributed by atoms with Gasteiger partial charge in [-0.05, 0) is 23.3 Å². The van der Waals surface area contributed by atoms with Crippen LogP contribution in [0.15, 0.2) is 60.7 Å². The molecule has 10 heteroatoms. The Hall–Kier alpha value is -4.47. The van der Waals surface area contributed by atoms with Gasteiger partial charge in [-0.25, -0.2) is 4.79 Å². The van der Waals surface area contributed by atoms with Crippen LogP contribution in [0, 0.1) is 20.2 Å². The minimum absolute atomic E-state index is 0.00538. The van der Waals surface area contributed by atoms with E-state index in [0.717, 1.165) is 11.6 Å². The molecule has 0 saturated carbocycles. The minimum Gasteiger partial charge on any atom is -0.506 e. The van der Waals surface area contributed by atoms with Gasteiger partial charge in [-0.15, -0.1) is 0 Å². The van der Waals surface area contributed by atoms with Crippen molar-refractivity contribution in [3.63, 3.8) is 0 Å². The van der Waals surface area contributed by atoms with Gasteiger partial charge < -0.3 is 15.5 Å². The van der Waals surface area contributed by atoms with Gasteiger partial charge in [-0.2, -0.15) is 0 Å². The van der Waals surface area contributed by atoms with Crippen molar-refractivity contribution in [1.82, 2.24) is 0 Å². The molecule has 0 bridgehead atoms. The van der Waals surface area contributed by atoms with Crippen LogP contribution in [0.25, 0.3) is 11.1 Å². The van der Waals surface area contributed by atoms with Gasteiger partial charge in [-0.1, -0.05) is 36.4 Å². The van der Waals surface area contributed by atoms with E-state index in [2.05, 4.69) is 5.32 Å². The van der Waals surface area contributed by atoms with Gasteiger partial charge in [0.05, 0.1) is 27.2 Å². The van der Waals surface area contributed by atoms with Crippen LogP contribution in [0.4, 0.5) is 22.7 Å². The Morgan fingerprint density at radius 3 is 2.17 bits per heavy atom. The first-order chi connectivity index (χ1) is 13.8. The Morgan fingerprint density at radius 1 is 0.897 bits per heavy atom. The van der Waals surface area contributed by atoms with E-state index in [9.17, 15) is 35.2 Å². The fraction of sp³-hybridized carbons (Fsp3) is 0. The standard InChI is InChI=1S/C19H13N3O7/c23-17-7-6-12(11-4-2-1-3-5-11)8-15(17)20-18-14(19(24)25)9-13(21(26)27)10-16(18)22(28)29/h1-10,20,23H,(H,24,25). The van der Waals surface area contributed by atoms with Crippen molar-refractivity contribution in [3.05, 3.63) is 86.5 Å². The van der Waals surface area contributed by atoms with Crippen molar-refractivity contribution in [2.45, 2.75) is 0 Å². The molecule has 0 aliphatic rings. The van der Waals surface area contributed by atoms with Gasteiger partial charge in [0.25, 0.3) is 11.4 Å². The number of nitro benzene ring substituents is 2. The monoisotopic (exact) mass is 395 g/mol. The molecule has 146 valence electrons. The zero-order valence-corrected chi connectivity index (χ0v) is 14.6. The summed E-state index contributed by atoms with van der Waals surface area (Å²) < 4.78 is 0. The molecule has 0 aliphatic heterocycles. The summed E-state index contributed by atoms with van der Waals surface area (Å²) in [6.07, 6.45) is 0. The van der Waals surface area contributed by atoms with Crippen LogP contribution >= 0.6 is 0 Å². The number of carboxylic acid groups (broad SMARTS) is 1. The molecule has 3 aromatic rings. The fourth-order valence-corrected chi connectivity index (χ4v) is 2.74. The Balaban J connectivity index is 2.16. The van der Waals surface area contributed by atoms with Crippen molar-refractivity contribution in [2.75, 3.05) is 5.32 Å². The molecule has 3 N–H and O–H groups in total. The lowest BCUT2D eigenvalue weighted by molar-refractivity contribution is -0.393. The van der Waals surface area contributed by atoms with E-state index in [1.165, 1.54) is 12.1 Å². The van der Waals surface area contributed by atoms with E-state index >= 15 is 0 Å². The molecular weight excluding hydrogens is 382 g/mol. The van der Waals surface area contributed by atoms with Crippen molar-refractivity contribution in [2.24, 2.45) is 0 Å². The maximum absolute atomic E-state index is 11.6. The van der Waals surface area contributed by atoms with Crippen LogP contribution in [0.3, 0.4) is 0 Å². The van der Waals surface area contributed by atoms with Crippen LogP contribution in [-0.4, -0.2) is 26.0 Å². The van der Waals surface area contributed by atoms with E-state index in [0.29, 0.717) is 11.6 Å². The van der Waals surface area contributed by atoms with Crippen LogP contribution in [0.2, 0.25) is 0 Å². The lowest BCUT2D eigenvalue weighted by Crippen LogP contribution is -2.07. The summed E-state index contributed by atoms with van der Waals surface area (Å²) in [6, 6.07) is 14.9. The molecule has 0 aromatic heterocycles. The van der Waals surface area contributed by atoms with E-state index in [1.807, 2.05) is 18.2 Å². The quantitative estimate of drug-likeness (QED) is 0.316. The molecule has 29 heavy (non-hydrogen) atoms. The molecule has 0 fully saturated rings. The maximum atomic E-state index is 11.6. The second-order valence-corrected chi connectivity index (χ2v) is 5.93. The highest BCUT2D eigenvalue weighted by Gasteiger charge is 2.28. The van der Waals surface area contributed by atoms with Gasteiger partial charge in [-0.3, -0.25) is 20.2 Å². The number of phenols is 1. The van der Waals surface area contributed by atoms with Crippen LogP contribution in [0.5, 0.6) is 5.75 Å². The summed E-state index contributed by atoms with van der Waals surface area (Å²) in [5.41, 5.74) is -1.22. The lowest BCUT2D eigenvalue weighted by Gasteiger charge is -2.13. The molecule has 0 aliphatic carbocycles. The van der Waals surface area contributed by atoms with Gasteiger partial charge >= 0.3 is 5.97 Å². The molecule has 10 nitrogen and oxygen atoms in total. The molecular formula is C19H13N3O7. The van der Waals surface area contributed by atoms with Crippen molar-refractivity contribution >= 4 is 28.7 Å². The highest BCUT2D eigenvalue weighted by atomic mass is 16.6. The zero-order chi connectivity index (χ0) is 21.1. The number of nitro groups is 2. The Morgan fingerprint density at radius 2 is 1.59 bits per heavy atom. The number of hydrogen-bond donors (Lipinski definition) is 3. The maximum Gasteiger partial charge on any atom is 0.338 e. The number of aromatic hydroxyl groups is 1. The Bertz CT molecular complexity index is 1090. The molecule has 0 spiro atoms. The van der Waals surface area contributed by atoms with E-state index < -0.39 is 38.4 Å². The van der Waals surface area contributed by atoms with Crippen molar-refractivity contribution in [3.8, 4) is 16.9 Å². The molecule has 0 atom stereocenters.